The van der Waals surface area contributed by atoms with Gasteiger partial charge in [-0.25, -0.2) is 4.68 Å². The van der Waals surface area contributed by atoms with Gasteiger partial charge in [0.2, 0.25) is 0 Å². The number of Topliss-reactive ketones (excluding diaryl/α,β-unsaturated/α-hetero) is 1. The highest BCUT2D eigenvalue weighted by Crippen LogP contribution is 2.31. The molecule has 134 valence electrons. The van der Waals surface area contributed by atoms with Crippen molar-refractivity contribution in [3.63, 3.8) is 0 Å². The normalized spacial score (nSPS) is 20.4. The molecular formula is C20H21N3O3. The minimum absolute atomic E-state index is 0.105. The van der Waals surface area contributed by atoms with Crippen molar-refractivity contribution >= 4 is 16.8 Å². The van der Waals surface area contributed by atoms with E-state index in [0.717, 1.165) is 28.8 Å². The average molecular weight is 351 g/mol. The van der Waals surface area contributed by atoms with Crippen LogP contribution >= 0.6 is 0 Å². The fourth-order valence-corrected chi connectivity index (χ4v) is 3.41. The fourth-order valence-electron chi connectivity index (χ4n) is 3.41. The lowest BCUT2D eigenvalue weighted by Gasteiger charge is -2.29. The third-order valence-corrected chi connectivity index (χ3v) is 4.80. The van der Waals surface area contributed by atoms with Gasteiger partial charge in [0.15, 0.2) is 0 Å². The van der Waals surface area contributed by atoms with Crippen LogP contribution in [-0.4, -0.2) is 34.0 Å². The van der Waals surface area contributed by atoms with Crippen LogP contribution in [0.5, 0.6) is 5.75 Å². The van der Waals surface area contributed by atoms with Crippen LogP contribution in [0.3, 0.4) is 0 Å². The van der Waals surface area contributed by atoms with Crippen LogP contribution in [0.2, 0.25) is 0 Å². The molecule has 0 spiro atoms. The van der Waals surface area contributed by atoms with E-state index in [1.807, 2.05) is 53.2 Å². The second-order valence-corrected chi connectivity index (χ2v) is 6.56. The number of carbonyl (C=O) groups is 1. The molecule has 0 unspecified atom stereocenters. The van der Waals surface area contributed by atoms with Gasteiger partial charge in [-0.3, -0.25) is 4.79 Å². The highest BCUT2D eigenvalue weighted by molar-refractivity contribution is 5.80. The second kappa shape index (κ2) is 7.25. The Balaban J connectivity index is 1.44. The van der Waals surface area contributed by atoms with Crippen LogP contribution in [0.25, 0.3) is 11.0 Å². The maximum atomic E-state index is 12.2. The maximum absolute atomic E-state index is 12.2. The number of nitrogens with zero attached hydrogens (tertiary/aromatic N) is 3. The van der Waals surface area contributed by atoms with Crippen LogP contribution in [-0.2, 0) is 16.1 Å². The number of benzene rings is 2. The molecule has 26 heavy (non-hydrogen) atoms. The summed E-state index contributed by atoms with van der Waals surface area (Å²) < 4.78 is 13.3. The van der Waals surface area contributed by atoms with Crippen molar-refractivity contribution in [2.24, 2.45) is 0 Å². The smallest absolute Gasteiger partial charge is 0.138 e. The van der Waals surface area contributed by atoms with E-state index in [4.69, 9.17) is 9.47 Å². The van der Waals surface area contributed by atoms with Crippen LogP contribution in [0.1, 0.15) is 30.9 Å². The first-order chi connectivity index (χ1) is 12.7. The number of fused-ring (bicyclic) bond motifs is 1. The fraction of sp³-hybridized carbons (Fsp3) is 0.350. The van der Waals surface area contributed by atoms with Crippen LogP contribution < -0.4 is 4.74 Å². The molecule has 1 fully saturated rings. The molecule has 2 heterocycles. The number of para-hydroxylation sites is 1. The zero-order valence-corrected chi connectivity index (χ0v) is 14.7. The largest absolute Gasteiger partial charge is 0.497 e. The first-order valence-electron chi connectivity index (χ1n) is 8.82. The molecular weight excluding hydrogens is 330 g/mol. The van der Waals surface area contributed by atoms with Crippen LogP contribution in [0.15, 0.2) is 48.5 Å². The van der Waals surface area contributed by atoms with Gasteiger partial charge in [0, 0.05) is 19.4 Å². The van der Waals surface area contributed by atoms with E-state index >= 15 is 0 Å². The summed E-state index contributed by atoms with van der Waals surface area (Å²) in [5, 5.41) is 8.38. The number of methoxy groups -OCH3 is 1. The molecule has 0 bridgehead atoms. The van der Waals surface area contributed by atoms with Crippen molar-refractivity contribution in [2.45, 2.75) is 38.0 Å². The predicted molar refractivity (Wildman–Crippen MR) is 97.0 cm³/mol. The summed E-state index contributed by atoms with van der Waals surface area (Å²) in [7, 11) is 1.64. The Hall–Kier alpha value is -2.73. The highest BCUT2D eigenvalue weighted by atomic mass is 16.5. The molecule has 6 heteroatoms. The van der Waals surface area contributed by atoms with Crippen molar-refractivity contribution in [1.29, 1.82) is 0 Å². The predicted octanol–water partition coefficient (Wildman–Crippen LogP) is 3.32. The van der Waals surface area contributed by atoms with Gasteiger partial charge in [0.25, 0.3) is 0 Å². The molecule has 1 aromatic heterocycles. The Morgan fingerprint density at radius 1 is 1.15 bits per heavy atom. The highest BCUT2D eigenvalue weighted by Gasteiger charge is 2.29. The van der Waals surface area contributed by atoms with Crippen molar-refractivity contribution < 1.29 is 14.3 Å². The quantitative estimate of drug-likeness (QED) is 0.705. The molecule has 3 aromatic rings. The standard InChI is InChI=1S/C20H21N3O3/c1-25-16-8-6-14(7-9-16)20-13-15(24)12-17(26-20)10-11-23-19-5-3-2-4-18(19)21-22-23/h2-9,17,20H,10-13H2,1H3/t17-,20-/m1/s1. The third kappa shape index (κ3) is 3.46. The molecule has 0 saturated carbocycles. The van der Waals surface area contributed by atoms with E-state index in [0.29, 0.717) is 19.4 Å². The van der Waals surface area contributed by atoms with Crippen molar-refractivity contribution in [2.75, 3.05) is 7.11 Å². The number of ketones is 1. The van der Waals surface area contributed by atoms with E-state index in [1.165, 1.54) is 0 Å². The summed E-state index contributed by atoms with van der Waals surface area (Å²) in [5.74, 6) is 1.04. The lowest BCUT2D eigenvalue weighted by Crippen LogP contribution is -2.29. The summed E-state index contributed by atoms with van der Waals surface area (Å²) in [5.41, 5.74) is 2.89. The summed E-state index contributed by atoms with van der Waals surface area (Å²) >= 11 is 0. The second-order valence-electron chi connectivity index (χ2n) is 6.56. The van der Waals surface area contributed by atoms with Crippen LogP contribution in [0, 0.1) is 0 Å². The van der Waals surface area contributed by atoms with E-state index in [1.54, 1.807) is 7.11 Å². The van der Waals surface area contributed by atoms with Gasteiger partial charge in [-0.05, 0) is 36.2 Å². The molecule has 1 aliphatic heterocycles. The van der Waals surface area contributed by atoms with E-state index < -0.39 is 0 Å². The number of hydrogen-bond donors (Lipinski definition) is 0. The molecule has 0 N–H and O–H groups in total. The Bertz CT molecular complexity index is 904. The molecule has 1 saturated heterocycles. The average Bonchev–Trinajstić information content (AvgIpc) is 3.09. The number of rotatable bonds is 5. The summed E-state index contributed by atoms with van der Waals surface area (Å²) in [6, 6.07) is 15.6. The monoisotopic (exact) mass is 351 g/mol. The van der Waals surface area contributed by atoms with E-state index in [2.05, 4.69) is 10.3 Å². The minimum atomic E-state index is -0.195. The van der Waals surface area contributed by atoms with E-state index in [9.17, 15) is 4.79 Å². The molecule has 1 aliphatic rings. The van der Waals surface area contributed by atoms with Gasteiger partial charge in [-0.2, -0.15) is 0 Å². The molecule has 6 nitrogen and oxygen atoms in total. The first kappa shape index (κ1) is 16.7. The lowest BCUT2D eigenvalue weighted by atomic mass is 9.96. The molecule has 2 atom stereocenters. The molecule has 4 rings (SSSR count). The van der Waals surface area contributed by atoms with Crippen molar-refractivity contribution in [3.05, 3.63) is 54.1 Å². The van der Waals surface area contributed by atoms with Gasteiger partial charge < -0.3 is 9.47 Å². The summed E-state index contributed by atoms with van der Waals surface area (Å²) in [6.45, 7) is 0.674. The Morgan fingerprint density at radius 3 is 2.77 bits per heavy atom. The van der Waals surface area contributed by atoms with Crippen molar-refractivity contribution in [1.82, 2.24) is 15.0 Å². The minimum Gasteiger partial charge on any atom is -0.497 e. The maximum Gasteiger partial charge on any atom is 0.138 e. The zero-order chi connectivity index (χ0) is 17.9. The van der Waals surface area contributed by atoms with Gasteiger partial charge >= 0.3 is 0 Å². The van der Waals surface area contributed by atoms with Gasteiger partial charge in [0.05, 0.1) is 24.8 Å². The lowest BCUT2D eigenvalue weighted by molar-refractivity contribution is -0.136. The summed E-state index contributed by atoms with van der Waals surface area (Å²) in [4.78, 5) is 12.2. The number of aryl methyl sites for hydroxylation is 1. The summed E-state index contributed by atoms with van der Waals surface area (Å²) in [6.07, 6.45) is 1.31. The number of aromatic nitrogens is 3. The topological polar surface area (TPSA) is 66.2 Å². The SMILES string of the molecule is COc1ccc([C@H]2CC(=O)C[C@@H](CCn3nnc4ccccc43)O2)cc1. The third-order valence-electron chi connectivity index (χ3n) is 4.80. The van der Waals surface area contributed by atoms with E-state index in [-0.39, 0.29) is 18.0 Å². The van der Waals surface area contributed by atoms with Crippen LogP contribution in [0.4, 0.5) is 0 Å². The molecule has 0 radical (unpaired) electrons. The number of hydrogen-bond acceptors (Lipinski definition) is 5. The molecule has 0 amide bonds. The molecule has 2 aromatic carbocycles. The molecule has 0 aliphatic carbocycles. The van der Waals surface area contributed by atoms with Gasteiger partial charge in [-0.15, -0.1) is 5.10 Å². The first-order valence-corrected chi connectivity index (χ1v) is 8.82. The zero-order valence-electron chi connectivity index (χ0n) is 14.7. The Labute approximate surface area is 151 Å². The number of ether oxygens (including phenoxy) is 2. The van der Waals surface area contributed by atoms with Crippen molar-refractivity contribution in [3.8, 4) is 5.75 Å². The Kier molecular flexibility index (Phi) is 4.67. The number of carbonyl (C=O) groups excluding carboxylic acids is 1. The van der Waals surface area contributed by atoms with Gasteiger partial charge in [0.1, 0.15) is 17.0 Å². The van der Waals surface area contributed by atoms with Gasteiger partial charge in [-0.1, -0.05) is 29.5 Å². The Morgan fingerprint density at radius 2 is 1.96 bits per heavy atom.